The van der Waals surface area contributed by atoms with E-state index in [1.54, 1.807) is 51.1 Å². The lowest BCUT2D eigenvalue weighted by molar-refractivity contribution is -0.155. The summed E-state index contributed by atoms with van der Waals surface area (Å²) < 4.78 is 44.6. The molecule has 0 radical (unpaired) electrons. The summed E-state index contributed by atoms with van der Waals surface area (Å²) in [5.41, 5.74) is -2.80. The topological polar surface area (TPSA) is 167 Å². The number of aromatic amines is 1. The van der Waals surface area contributed by atoms with Crippen LogP contribution in [0.2, 0.25) is 0 Å². The van der Waals surface area contributed by atoms with Crippen molar-refractivity contribution in [3.05, 3.63) is 63.4 Å². The van der Waals surface area contributed by atoms with E-state index < -0.39 is 73.9 Å². The van der Waals surface area contributed by atoms with Crippen LogP contribution in [0.5, 0.6) is 5.75 Å². The minimum Gasteiger partial charge on any atom is -0.462 e. The third-order valence-corrected chi connectivity index (χ3v) is 7.81. The Bertz CT molecular complexity index is 1300. The highest BCUT2D eigenvalue weighted by molar-refractivity contribution is 7.52. The molecule has 2 saturated heterocycles. The number of para-hydroxylation sites is 1. The van der Waals surface area contributed by atoms with E-state index >= 15 is 0 Å². The number of nitrogens with zero attached hydrogens (tertiary/aromatic N) is 1. The SMILES string of the molecule is CC(C)OC(=O)[C@H](C)NP(=O)(Oc1ccccc1)OC1C2OC(C)CC1(CO)OC2n1ccc(=O)[nH]c1=O. The first-order valence-corrected chi connectivity index (χ1v) is 13.8. The maximum Gasteiger partial charge on any atom is 0.459 e. The number of carbonyl (C=O) groups is 1. The van der Waals surface area contributed by atoms with E-state index in [0.717, 1.165) is 10.6 Å². The second-order valence-corrected chi connectivity index (χ2v) is 11.3. The number of aliphatic hydroxyl groups excluding tert-OH is 1. The van der Waals surface area contributed by atoms with Gasteiger partial charge in [-0.15, -0.1) is 0 Å². The third-order valence-electron chi connectivity index (χ3n) is 6.15. The molecule has 4 rings (SSSR count). The molecule has 2 fully saturated rings. The number of esters is 1. The number of aliphatic hydroxyl groups is 1. The zero-order valence-electron chi connectivity index (χ0n) is 21.4. The molecule has 0 saturated carbocycles. The number of benzene rings is 1. The van der Waals surface area contributed by atoms with Crippen LogP contribution >= 0.6 is 7.75 Å². The number of aromatic nitrogens is 2. The molecule has 2 aliphatic rings. The zero-order valence-corrected chi connectivity index (χ0v) is 22.3. The van der Waals surface area contributed by atoms with Crippen LogP contribution in [0.15, 0.2) is 52.2 Å². The average molecular weight is 554 g/mol. The lowest BCUT2D eigenvalue weighted by Crippen LogP contribution is -2.55. The Morgan fingerprint density at radius 3 is 2.61 bits per heavy atom. The van der Waals surface area contributed by atoms with E-state index in [2.05, 4.69) is 10.1 Å². The normalized spacial score (nSPS) is 29.0. The number of hydrogen-bond donors (Lipinski definition) is 3. The predicted molar refractivity (Wildman–Crippen MR) is 134 cm³/mol. The molecule has 2 aromatic rings. The molecule has 6 unspecified atom stereocenters. The molecule has 2 bridgehead atoms. The number of carbonyl (C=O) groups excluding carboxylic acids is 1. The highest BCUT2D eigenvalue weighted by Gasteiger charge is 2.63. The van der Waals surface area contributed by atoms with Crippen LogP contribution in [0.1, 0.15) is 40.3 Å². The molecule has 38 heavy (non-hydrogen) atoms. The Morgan fingerprint density at radius 2 is 1.97 bits per heavy atom. The molecule has 0 amide bonds. The molecular formula is C24H32N3O10P. The Morgan fingerprint density at radius 1 is 1.26 bits per heavy atom. The molecular weight excluding hydrogens is 521 g/mol. The van der Waals surface area contributed by atoms with E-state index in [0.29, 0.717) is 0 Å². The van der Waals surface area contributed by atoms with Gasteiger partial charge in [-0.25, -0.2) is 9.36 Å². The fraction of sp³-hybridized carbons (Fsp3) is 0.542. The fourth-order valence-corrected chi connectivity index (χ4v) is 6.34. The lowest BCUT2D eigenvalue weighted by atomic mass is 9.87. The molecule has 13 nitrogen and oxygen atoms in total. The minimum atomic E-state index is -4.38. The number of nitrogens with one attached hydrogen (secondary N) is 2. The lowest BCUT2D eigenvalue weighted by Gasteiger charge is -2.41. The first-order valence-electron chi connectivity index (χ1n) is 12.2. The summed E-state index contributed by atoms with van der Waals surface area (Å²) in [6.07, 6.45) is -2.83. The molecule has 1 aromatic carbocycles. The first kappa shape index (κ1) is 28.2. The molecule has 14 heteroatoms. The van der Waals surface area contributed by atoms with Gasteiger partial charge in [0.15, 0.2) is 6.23 Å². The van der Waals surface area contributed by atoms with Crippen molar-refractivity contribution in [3.8, 4) is 5.75 Å². The number of hydrogen-bond acceptors (Lipinski definition) is 10. The standard InChI is InChI=1S/C24H32N3O10P/c1-14(2)33-22(30)16(4)26-38(32,36-17-8-6-5-7-9-17)37-20-19-21(27-11-10-18(29)25-23(27)31)35-24(20,13-28)12-15(3)34-19/h5-11,14-16,19-21,28H,12-13H2,1-4H3,(H,26,32)(H,25,29,31)/t15?,16-,19?,20?,21?,24?,38?/m0/s1. The van der Waals surface area contributed by atoms with Crippen molar-refractivity contribution in [2.45, 2.75) is 76.4 Å². The molecule has 208 valence electrons. The predicted octanol–water partition coefficient (Wildman–Crippen LogP) is 1.48. The highest BCUT2D eigenvalue weighted by Crippen LogP contribution is 2.55. The van der Waals surface area contributed by atoms with Crippen molar-refractivity contribution in [2.24, 2.45) is 0 Å². The van der Waals surface area contributed by atoms with Gasteiger partial charge in [0.2, 0.25) is 0 Å². The van der Waals surface area contributed by atoms with Crippen LogP contribution in [0.3, 0.4) is 0 Å². The van der Waals surface area contributed by atoms with Crippen LogP contribution in [-0.4, -0.2) is 63.3 Å². The average Bonchev–Trinajstić information content (AvgIpc) is 3.01. The second-order valence-electron chi connectivity index (χ2n) is 9.63. The summed E-state index contributed by atoms with van der Waals surface area (Å²) in [5, 5.41) is 13.1. The quantitative estimate of drug-likeness (QED) is 0.288. The van der Waals surface area contributed by atoms with E-state index in [9.17, 15) is 24.1 Å². The zero-order chi connectivity index (χ0) is 27.7. The van der Waals surface area contributed by atoms with E-state index in [-0.39, 0.29) is 12.2 Å². The van der Waals surface area contributed by atoms with Gasteiger partial charge in [-0.1, -0.05) is 18.2 Å². The molecule has 3 N–H and O–H groups in total. The highest BCUT2D eigenvalue weighted by atomic mass is 31.2. The van der Waals surface area contributed by atoms with E-state index in [4.69, 9.17) is 23.3 Å². The molecule has 3 heterocycles. The minimum absolute atomic E-state index is 0.134. The molecule has 2 aliphatic heterocycles. The fourth-order valence-electron chi connectivity index (χ4n) is 4.59. The van der Waals surface area contributed by atoms with Gasteiger partial charge in [0.25, 0.3) is 5.56 Å². The maximum atomic E-state index is 14.2. The van der Waals surface area contributed by atoms with Crippen molar-refractivity contribution in [1.29, 1.82) is 0 Å². The van der Waals surface area contributed by atoms with Gasteiger partial charge < -0.3 is 23.8 Å². The largest absolute Gasteiger partial charge is 0.462 e. The van der Waals surface area contributed by atoms with Crippen LogP contribution in [0, 0.1) is 0 Å². The van der Waals surface area contributed by atoms with Gasteiger partial charge in [-0.2, -0.15) is 5.09 Å². The second kappa shape index (κ2) is 11.1. The van der Waals surface area contributed by atoms with Crippen LogP contribution in [0.4, 0.5) is 0 Å². The number of rotatable bonds is 10. The van der Waals surface area contributed by atoms with Crippen molar-refractivity contribution >= 4 is 13.7 Å². The van der Waals surface area contributed by atoms with Crippen LogP contribution in [0.25, 0.3) is 0 Å². The summed E-state index contributed by atoms with van der Waals surface area (Å²) >= 11 is 0. The first-order chi connectivity index (χ1) is 17.9. The summed E-state index contributed by atoms with van der Waals surface area (Å²) in [7, 11) is -4.38. The third kappa shape index (κ3) is 5.93. The summed E-state index contributed by atoms with van der Waals surface area (Å²) in [6.45, 7) is 6.01. The molecule has 7 atom stereocenters. The summed E-state index contributed by atoms with van der Waals surface area (Å²) in [5.74, 6) is -0.486. The van der Waals surface area contributed by atoms with Crippen molar-refractivity contribution < 1.29 is 37.7 Å². The smallest absolute Gasteiger partial charge is 0.459 e. The summed E-state index contributed by atoms with van der Waals surface area (Å²) in [6, 6.07) is 8.24. The Hall–Kier alpha value is -2.80. The van der Waals surface area contributed by atoms with Gasteiger partial charge in [0, 0.05) is 18.7 Å². The van der Waals surface area contributed by atoms with Crippen LogP contribution < -0.4 is 20.9 Å². The van der Waals surface area contributed by atoms with Crippen molar-refractivity contribution in [2.75, 3.05) is 6.61 Å². The van der Waals surface area contributed by atoms with Gasteiger partial charge >= 0.3 is 19.4 Å². The molecule has 0 spiro atoms. The number of H-pyrrole nitrogens is 1. The Balaban J connectivity index is 1.70. The van der Waals surface area contributed by atoms with Gasteiger partial charge in [-0.05, 0) is 39.8 Å². The van der Waals surface area contributed by atoms with Gasteiger partial charge in [-0.3, -0.25) is 23.7 Å². The molecule has 0 aliphatic carbocycles. The van der Waals surface area contributed by atoms with Crippen molar-refractivity contribution in [3.63, 3.8) is 0 Å². The number of fused-ring (bicyclic) bond motifs is 2. The Labute approximate surface area is 218 Å². The van der Waals surface area contributed by atoms with Crippen molar-refractivity contribution in [1.82, 2.24) is 14.6 Å². The van der Waals surface area contributed by atoms with Crippen LogP contribution in [-0.2, 0) is 28.1 Å². The Kier molecular flexibility index (Phi) is 8.26. The molecule has 1 aromatic heterocycles. The van der Waals surface area contributed by atoms with E-state index in [1.165, 1.54) is 13.1 Å². The van der Waals surface area contributed by atoms with Gasteiger partial charge in [0.05, 0.1) is 18.8 Å². The monoisotopic (exact) mass is 553 g/mol. The maximum absolute atomic E-state index is 14.2. The van der Waals surface area contributed by atoms with Gasteiger partial charge in [0.1, 0.15) is 29.6 Å². The number of ether oxygens (including phenoxy) is 3. The van der Waals surface area contributed by atoms with E-state index in [1.807, 2.05) is 0 Å². The summed E-state index contributed by atoms with van der Waals surface area (Å²) in [4.78, 5) is 38.8.